The van der Waals surface area contributed by atoms with Crippen molar-refractivity contribution in [3.05, 3.63) is 70.3 Å². The van der Waals surface area contributed by atoms with Crippen LogP contribution in [0, 0.1) is 13.8 Å². The molecular weight excluding hydrogens is 338 g/mol. The molecule has 2 aromatic rings. The molecule has 2 rings (SSSR count). The van der Waals surface area contributed by atoms with E-state index in [9.17, 15) is 9.59 Å². The molecule has 0 aliphatic heterocycles. The minimum atomic E-state index is -0.730. The summed E-state index contributed by atoms with van der Waals surface area (Å²) < 4.78 is 4.89. The lowest BCUT2D eigenvalue weighted by Gasteiger charge is -2.20. The van der Waals surface area contributed by atoms with Crippen LogP contribution in [0.15, 0.2) is 42.5 Å². The number of amides is 1. The second-order valence-electron chi connectivity index (χ2n) is 8.00. The maximum atomic E-state index is 12.6. The van der Waals surface area contributed by atoms with Gasteiger partial charge >= 0.3 is 5.97 Å². The molecule has 0 aliphatic rings. The molecule has 1 atom stereocenters. The van der Waals surface area contributed by atoms with E-state index in [4.69, 9.17) is 4.74 Å². The molecular formula is C23H29NO3. The van der Waals surface area contributed by atoms with E-state index in [-0.39, 0.29) is 11.3 Å². The van der Waals surface area contributed by atoms with Crippen LogP contribution in [0.3, 0.4) is 0 Å². The number of aryl methyl sites for hydroxylation is 2. The topological polar surface area (TPSA) is 55.4 Å². The average Bonchev–Trinajstić information content (AvgIpc) is 2.62. The minimum absolute atomic E-state index is 0.0207. The van der Waals surface area contributed by atoms with Gasteiger partial charge < -0.3 is 10.1 Å². The van der Waals surface area contributed by atoms with Crippen LogP contribution in [0.4, 0.5) is 0 Å². The van der Waals surface area contributed by atoms with Gasteiger partial charge in [0.1, 0.15) is 6.04 Å². The van der Waals surface area contributed by atoms with Crippen LogP contribution in [0.25, 0.3) is 0 Å². The first-order chi connectivity index (χ1) is 12.6. The van der Waals surface area contributed by atoms with Crippen molar-refractivity contribution in [1.82, 2.24) is 5.32 Å². The molecule has 0 saturated carbocycles. The van der Waals surface area contributed by atoms with E-state index in [2.05, 4.69) is 26.1 Å². The molecule has 0 radical (unpaired) electrons. The van der Waals surface area contributed by atoms with Crippen molar-refractivity contribution in [1.29, 1.82) is 0 Å². The zero-order valence-electron chi connectivity index (χ0n) is 17.1. The quantitative estimate of drug-likeness (QED) is 0.809. The van der Waals surface area contributed by atoms with Crippen molar-refractivity contribution in [3.63, 3.8) is 0 Å². The van der Waals surface area contributed by atoms with Crippen LogP contribution < -0.4 is 5.32 Å². The van der Waals surface area contributed by atoms with Gasteiger partial charge in [0.15, 0.2) is 0 Å². The Morgan fingerprint density at radius 3 is 2.15 bits per heavy atom. The fourth-order valence-corrected chi connectivity index (χ4v) is 2.86. The summed E-state index contributed by atoms with van der Waals surface area (Å²) in [6.07, 6.45) is 0.389. The number of hydrogen-bond acceptors (Lipinski definition) is 3. The summed E-state index contributed by atoms with van der Waals surface area (Å²) in [7, 11) is 1.33. The van der Waals surface area contributed by atoms with E-state index in [0.29, 0.717) is 12.0 Å². The Morgan fingerprint density at radius 1 is 1.00 bits per heavy atom. The predicted octanol–water partition coefficient (Wildman–Crippen LogP) is 4.12. The van der Waals surface area contributed by atoms with Crippen LogP contribution >= 0.6 is 0 Å². The van der Waals surface area contributed by atoms with Crippen LogP contribution in [0.5, 0.6) is 0 Å². The molecule has 0 aromatic heterocycles. The monoisotopic (exact) mass is 367 g/mol. The first-order valence-electron chi connectivity index (χ1n) is 9.17. The highest BCUT2D eigenvalue weighted by molar-refractivity contribution is 5.96. The molecule has 0 spiro atoms. The van der Waals surface area contributed by atoms with E-state index in [1.54, 1.807) is 12.1 Å². The summed E-state index contributed by atoms with van der Waals surface area (Å²) in [5.74, 6) is -0.734. The van der Waals surface area contributed by atoms with Gasteiger partial charge in [-0.2, -0.15) is 0 Å². The molecule has 0 fully saturated rings. The Labute approximate surface area is 161 Å². The number of esters is 1. The predicted molar refractivity (Wildman–Crippen MR) is 108 cm³/mol. The number of rotatable bonds is 5. The third-order valence-corrected chi connectivity index (χ3v) is 4.82. The number of carbonyl (C=O) groups is 2. The van der Waals surface area contributed by atoms with Crippen LogP contribution in [-0.4, -0.2) is 25.0 Å². The molecule has 2 aromatic carbocycles. The number of methoxy groups -OCH3 is 1. The van der Waals surface area contributed by atoms with E-state index < -0.39 is 12.0 Å². The number of benzene rings is 2. The lowest BCUT2D eigenvalue weighted by Crippen LogP contribution is -2.43. The number of hydrogen-bond donors (Lipinski definition) is 1. The second kappa shape index (κ2) is 8.38. The third kappa shape index (κ3) is 5.43. The first-order valence-corrected chi connectivity index (χ1v) is 9.17. The van der Waals surface area contributed by atoms with E-state index in [1.807, 2.05) is 44.2 Å². The lowest BCUT2D eigenvalue weighted by atomic mass is 9.86. The highest BCUT2D eigenvalue weighted by atomic mass is 16.5. The number of carbonyl (C=O) groups excluding carboxylic acids is 2. The first kappa shape index (κ1) is 20.7. The normalized spacial score (nSPS) is 12.4. The maximum absolute atomic E-state index is 12.6. The number of ether oxygens (including phenoxy) is 1. The van der Waals surface area contributed by atoms with Crippen molar-refractivity contribution in [2.24, 2.45) is 0 Å². The van der Waals surface area contributed by atoms with Crippen LogP contribution in [0.2, 0.25) is 0 Å². The smallest absolute Gasteiger partial charge is 0.328 e. The third-order valence-electron chi connectivity index (χ3n) is 4.82. The van der Waals surface area contributed by atoms with Crippen LogP contribution in [-0.2, 0) is 21.4 Å². The zero-order chi connectivity index (χ0) is 20.2. The molecule has 0 aliphatic carbocycles. The van der Waals surface area contributed by atoms with E-state index >= 15 is 0 Å². The minimum Gasteiger partial charge on any atom is -0.467 e. The SMILES string of the molecule is COC(=O)[C@@H](Cc1ccc(C)c(C)c1)NC(=O)c1ccc(C(C)(C)C)cc1. The van der Waals surface area contributed by atoms with E-state index in [1.165, 1.54) is 12.7 Å². The van der Waals surface area contributed by atoms with Gasteiger partial charge in [0.25, 0.3) is 5.91 Å². The summed E-state index contributed by atoms with van der Waals surface area (Å²) in [6.45, 7) is 10.4. The molecule has 4 heteroatoms. The summed E-state index contributed by atoms with van der Waals surface area (Å²) in [4.78, 5) is 24.8. The van der Waals surface area contributed by atoms with Crippen molar-refractivity contribution >= 4 is 11.9 Å². The molecule has 1 N–H and O–H groups in total. The second-order valence-corrected chi connectivity index (χ2v) is 8.00. The maximum Gasteiger partial charge on any atom is 0.328 e. The Morgan fingerprint density at radius 2 is 1.63 bits per heavy atom. The summed E-state index contributed by atoms with van der Waals surface area (Å²) in [6, 6.07) is 12.8. The van der Waals surface area contributed by atoms with Crippen molar-refractivity contribution in [2.45, 2.75) is 52.5 Å². The Kier molecular flexibility index (Phi) is 6.42. The van der Waals surface area contributed by atoms with Gasteiger partial charge in [0.05, 0.1) is 7.11 Å². The molecule has 27 heavy (non-hydrogen) atoms. The fourth-order valence-electron chi connectivity index (χ4n) is 2.86. The lowest BCUT2D eigenvalue weighted by molar-refractivity contribution is -0.142. The van der Waals surface area contributed by atoms with Gasteiger partial charge in [0, 0.05) is 12.0 Å². The molecule has 0 heterocycles. The van der Waals surface area contributed by atoms with Gasteiger partial charge in [0.2, 0.25) is 0 Å². The highest BCUT2D eigenvalue weighted by Crippen LogP contribution is 2.22. The Balaban J connectivity index is 2.16. The largest absolute Gasteiger partial charge is 0.467 e. The van der Waals surface area contributed by atoms with Crippen molar-refractivity contribution in [2.75, 3.05) is 7.11 Å². The molecule has 144 valence electrons. The average molecular weight is 367 g/mol. The molecule has 0 unspecified atom stereocenters. The molecule has 0 bridgehead atoms. The highest BCUT2D eigenvalue weighted by Gasteiger charge is 2.23. The molecule has 4 nitrogen and oxygen atoms in total. The van der Waals surface area contributed by atoms with Gasteiger partial charge in [-0.15, -0.1) is 0 Å². The Bertz CT molecular complexity index is 817. The van der Waals surface area contributed by atoms with E-state index in [0.717, 1.165) is 16.7 Å². The summed E-state index contributed by atoms with van der Waals surface area (Å²) >= 11 is 0. The zero-order valence-corrected chi connectivity index (χ0v) is 17.1. The van der Waals surface area contributed by atoms with Crippen molar-refractivity contribution in [3.8, 4) is 0 Å². The number of nitrogens with one attached hydrogen (secondary N) is 1. The molecule has 1 amide bonds. The Hall–Kier alpha value is -2.62. The van der Waals surface area contributed by atoms with Gasteiger partial charge in [-0.3, -0.25) is 4.79 Å². The fraction of sp³-hybridized carbons (Fsp3) is 0.391. The summed E-state index contributed by atoms with van der Waals surface area (Å²) in [5.41, 5.74) is 5.02. The standard InChI is InChI=1S/C23H29NO3/c1-15-7-8-17(13-16(15)2)14-20(22(26)27-6)24-21(25)18-9-11-19(12-10-18)23(3,4)5/h7-13,20H,14H2,1-6H3,(H,24,25)/t20-/m1/s1. The van der Waals surface area contributed by atoms with Crippen LogP contribution in [0.1, 0.15) is 53.4 Å². The summed E-state index contributed by atoms with van der Waals surface area (Å²) in [5, 5.41) is 2.81. The van der Waals surface area contributed by atoms with Crippen molar-refractivity contribution < 1.29 is 14.3 Å². The molecule has 0 saturated heterocycles. The van der Waals surface area contributed by atoms with Gasteiger partial charge in [-0.05, 0) is 53.6 Å². The van der Waals surface area contributed by atoms with Gasteiger partial charge in [-0.25, -0.2) is 4.79 Å². The van der Waals surface area contributed by atoms with Gasteiger partial charge in [-0.1, -0.05) is 51.1 Å².